The van der Waals surface area contributed by atoms with Crippen molar-refractivity contribution in [1.82, 2.24) is 0 Å². The molecule has 0 bridgehead atoms. The van der Waals surface area contributed by atoms with E-state index in [1.54, 1.807) is 12.1 Å². The van der Waals surface area contributed by atoms with Crippen LogP contribution in [0.3, 0.4) is 0 Å². The molecule has 2 N–H and O–H groups in total. The number of carbonyl (C=O) groups is 1. The molecule has 33 heavy (non-hydrogen) atoms. The molecule has 3 heterocycles. The first kappa shape index (κ1) is 21.8. The van der Waals surface area contributed by atoms with Gasteiger partial charge in [-0.3, -0.25) is 9.52 Å². The van der Waals surface area contributed by atoms with Gasteiger partial charge in [0.25, 0.3) is 0 Å². The molecule has 0 aromatic heterocycles. The van der Waals surface area contributed by atoms with E-state index >= 15 is 0 Å². The molecular formula is C22H19F3N2O5S. The fourth-order valence-electron chi connectivity index (χ4n) is 4.15. The summed E-state index contributed by atoms with van der Waals surface area (Å²) in [5.74, 6) is -0.436. The standard InChI is InChI=1S/C22H19F3N2O5S/c23-22(24,25)15-2-4-17-14(10-21(11-31-12-21)32-19(17)8-15)7-20(28)26-16-3-1-13-5-6-33(29,30)27-18(13)9-16/h1-4,7-9,27H,5-6,10-12H2,(H,26,28)/b14-7+. The van der Waals surface area contributed by atoms with Crippen molar-refractivity contribution in [2.24, 2.45) is 0 Å². The summed E-state index contributed by atoms with van der Waals surface area (Å²) in [5, 5.41) is 2.69. The van der Waals surface area contributed by atoms with Gasteiger partial charge in [-0.2, -0.15) is 13.2 Å². The SMILES string of the molecule is O=C(/C=C1\CC2(COC2)Oc2cc(C(F)(F)F)ccc21)Nc1ccc2c(c1)NS(=O)(=O)CC2. The molecule has 0 saturated carbocycles. The Hall–Kier alpha value is -3.05. The van der Waals surface area contributed by atoms with Gasteiger partial charge in [-0.05, 0) is 41.8 Å². The number of benzene rings is 2. The Balaban J connectivity index is 1.43. The van der Waals surface area contributed by atoms with E-state index in [9.17, 15) is 26.4 Å². The molecule has 1 saturated heterocycles. The number of rotatable bonds is 2. The lowest BCUT2D eigenvalue weighted by Gasteiger charge is -2.45. The Morgan fingerprint density at radius 3 is 2.64 bits per heavy atom. The molecule has 7 nitrogen and oxygen atoms in total. The summed E-state index contributed by atoms with van der Waals surface area (Å²) < 4.78 is 76.6. The first-order chi connectivity index (χ1) is 15.5. The molecular weight excluding hydrogens is 461 g/mol. The lowest BCUT2D eigenvalue weighted by Crippen LogP contribution is -2.55. The maximum absolute atomic E-state index is 13.2. The number of nitrogens with one attached hydrogen (secondary N) is 2. The number of aryl methyl sites for hydroxylation is 1. The monoisotopic (exact) mass is 480 g/mol. The van der Waals surface area contributed by atoms with Crippen molar-refractivity contribution in [2.75, 3.05) is 29.0 Å². The van der Waals surface area contributed by atoms with Crippen LogP contribution in [0.25, 0.3) is 5.57 Å². The molecule has 0 atom stereocenters. The van der Waals surface area contributed by atoms with Gasteiger partial charge in [-0.25, -0.2) is 8.42 Å². The molecule has 1 spiro atoms. The molecule has 11 heteroatoms. The molecule has 0 radical (unpaired) electrons. The van der Waals surface area contributed by atoms with E-state index in [0.717, 1.165) is 17.7 Å². The van der Waals surface area contributed by atoms with Gasteiger partial charge >= 0.3 is 6.18 Å². The van der Waals surface area contributed by atoms with E-state index in [4.69, 9.17) is 9.47 Å². The van der Waals surface area contributed by atoms with Gasteiger partial charge in [0, 0.05) is 23.7 Å². The number of anilines is 2. The number of carbonyl (C=O) groups excluding carboxylic acids is 1. The Labute approximate surface area is 187 Å². The lowest BCUT2D eigenvalue weighted by molar-refractivity contribution is -0.161. The Kier molecular flexibility index (Phi) is 4.94. The first-order valence-corrected chi connectivity index (χ1v) is 11.8. The van der Waals surface area contributed by atoms with Crippen LogP contribution >= 0.6 is 0 Å². The average Bonchev–Trinajstić information content (AvgIpc) is 2.70. The highest BCUT2D eigenvalue weighted by atomic mass is 32.2. The van der Waals surface area contributed by atoms with Gasteiger partial charge in [0.2, 0.25) is 15.9 Å². The zero-order chi connectivity index (χ0) is 23.4. The van der Waals surface area contributed by atoms with E-state index in [1.165, 1.54) is 18.2 Å². The number of ether oxygens (including phenoxy) is 2. The van der Waals surface area contributed by atoms with E-state index < -0.39 is 33.3 Å². The van der Waals surface area contributed by atoms with Crippen LogP contribution in [0.15, 0.2) is 42.5 Å². The van der Waals surface area contributed by atoms with Crippen molar-refractivity contribution in [3.05, 3.63) is 59.2 Å². The molecule has 174 valence electrons. The van der Waals surface area contributed by atoms with Gasteiger partial charge in [0.15, 0.2) is 5.60 Å². The van der Waals surface area contributed by atoms with Crippen LogP contribution in [0.1, 0.15) is 23.1 Å². The minimum Gasteiger partial charge on any atom is -0.481 e. The van der Waals surface area contributed by atoms with E-state index in [-0.39, 0.29) is 24.7 Å². The quantitative estimate of drug-likeness (QED) is 0.641. The number of hydrogen-bond acceptors (Lipinski definition) is 5. The second kappa shape index (κ2) is 7.49. The fourth-order valence-corrected chi connectivity index (χ4v) is 5.26. The van der Waals surface area contributed by atoms with Crippen LogP contribution in [0, 0.1) is 0 Å². The molecule has 3 aliphatic heterocycles. The Bertz CT molecular complexity index is 1280. The van der Waals surface area contributed by atoms with Gasteiger partial charge in [-0.1, -0.05) is 12.1 Å². The normalized spacial score (nSPS) is 21.2. The number of hydrogen-bond donors (Lipinski definition) is 2. The lowest BCUT2D eigenvalue weighted by atomic mass is 9.85. The van der Waals surface area contributed by atoms with Crippen molar-refractivity contribution in [3.8, 4) is 5.75 Å². The second-order valence-corrected chi connectivity index (χ2v) is 10.2. The zero-order valence-electron chi connectivity index (χ0n) is 17.2. The molecule has 1 amide bonds. The smallest absolute Gasteiger partial charge is 0.416 e. The highest BCUT2D eigenvalue weighted by Gasteiger charge is 2.46. The van der Waals surface area contributed by atoms with Crippen molar-refractivity contribution in [1.29, 1.82) is 0 Å². The largest absolute Gasteiger partial charge is 0.481 e. The summed E-state index contributed by atoms with van der Waals surface area (Å²) in [6, 6.07) is 8.15. The van der Waals surface area contributed by atoms with E-state index in [2.05, 4.69) is 10.0 Å². The third kappa shape index (κ3) is 4.30. The minimum absolute atomic E-state index is 0.000795. The highest BCUT2D eigenvalue weighted by Crippen LogP contribution is 2.45. The summed E-state index contributed by atoms with van der Waals surface area (Å²) in [4.78, 5) is 12.8. The molecule has 5 rings (SSSR count). The van der Waals surface area contributed by atoms with Gasteiger partial charge in [0.05, 0.1) is 30.2 Å². The minimum atomic E-state index is -4.52. The maximum atomic E-state index is 13.2. The van der Waals surface area contributed by atoms with Gasteiger partial charge in [-0.15, -0.1) is 0 Å². The third-order valence-electron chi connectivity index (χ3n) is 5.81. The molecule has 2 aromatic rings. The van der Waals surface area contributed by atoms with Crippen molar-refractivity contribution in [3.63, 3.8) is 0 Å². The second-order valence-electron chi connectivity index (χ2n) is 8.37. The van der Waals surface area contributed by atoms with Gasteiger partial charge < -0.3 is 14.8 Å². The topological polar surface area (TPSA) is 93.7 Å². The van der Waals surface area contributed by atoms with E-state index in [1.807, 2.05) is 0 Å². The third-order valence-corrected chi connectivity index (χ3v) is 7.09. The average molecular weight is 480 g/mol. The van der Waals surface area contributed by atoms with Crippen LogP contribution in [0.4, 0.5) is 24.5 Å². The number of sulfonamides is 1. The van der Waals surface area contributed by atoms with Crippen molar-refractivity contribution < 1.29 is 35.9 Å². The molecule has 0 aliphatic carbocycles. The van der Waals surface area contributed by atoms with Crippen LogP contribution in [0.2, 0.25) is 0 Å². The van der Waals surface area contributed by atoms with Crippen LogP contribution in [-0.2, 0) is 32.2 Å². The number of halogens is 3. The fraction of sp³-hybridized carbons (Fsp3) is 0.318. The first-order valence-electron chi connectivity index (χ1n) is 10.2. The molecule has 3 aliphatic rings. The van der Waals surface area contributed by atoms with Crippen LogP contribution in [0.5, 0.6) is 5.75 Å². The number of amides is 1. The summed E-state index contributed by atoms with van der Waals surface area (Å²) in [7, 11) is -3.40. The predicted octanol–water partition coefficient (Wildman–Crippen LogP) is 3.58. The Morgan fingerprint density at radius 1 is 1.15 bits per heavy atom. The Morgan fingerprint density at radius 2 is 1.94 bits per heavy atom. The van der Waals surface area contributed by atoms with Crippen molar-refractivity contribution >= 4 is 32.9 Å². The molecule has 1 fully saturated rings. The number of fused-ring (bicyclic) bond motifs is 2. The zero-order valence-corrected chi connectivity index (χ0v) is 18.0. The molecule has 0 unspecified atom stereocenters. The van der Waals surface area contributed by atoms with Crippen molar-refractivity contribution in [2.45, 2.75) is 24.6 Å². The number of alkyl halides is 3. The summed E-state index contributed by atoms with van der Waals surface area (Å²) in [5.41, 5.74) is 0.937. The summed E-state index contributed by atoms with van der Waals surface area (Å²) in [6.07, 6.45) is -2.50. The van der Waals surface area contributed by atoms with Gasteiger partial charge in [0.1, 0.15) is 5.75 Å². The van der Waals surface area contributed by atoms with Crippen LogP contribution < -0.4 is 14.8 Å². The van der Waals surface area contributed by atoms with Crippen LogP contribution in [-0.4, -0.2) is 38.9 Å². The highest BCUT2D eigenvalue weighted by molar-refractivity contribution is 7.92. The summed E-state index contributed by atoms with van der Waals surface area (Å²) >= 11 is 0. The van der Waals surface area contributed by atoms with E-state index in [0.29, 0.717) is 35.4 Å². The predicted molar refractivity (Wildman–Crippen MR) is 114 cm³/mol. The summed E-state index contributed by atoms with van der Waals surface area (Å²) in [6.45, 7) is 0.430. The molecule has 2 aromatic carbocycles. The maximum Gasteiger partial charge on any atom is 0.416 e.